The number of benzene rings is 1. The molecule has 140 valence electrons. The van der Waals surface area contributed by atoms with Crippen LogP contribution in [0.25, 0.3) is 21.6 Å². The van der Waals surface area contributed by atoms with Gasteiger partial charge in [0.2, 0.25) is 0 Å². The van der Waals surface area contributed by atoms with Crippen LogP contribution in [-0.2, 0) is 0 Å². The lowest BCUT2D eigenvalue weighted by atomic mass is 10.3. The van der Waals surface area contributed by atoms with Crippen LogP contribution >= 0.6 is 22.7 Å². The molecular weight excluding hydrogens is 390 g/mol. The molecule has 1 aliphatic heterocycles. The van der Waals surface area contributed by atoms with Crippen molar-refractivity contribution in [3.63, 3.8) is 0 Å². The molecule has 0 unspecified atom stereocenters. The molecule has 0 N–H and O–H groups in total. The van der Waals surface area contributed by atoms with E-state index < -0.39 is 0 Å². The summed E-state index contributed by atoms with van der Waals surface area (Å²) >= 11 is 3.11. The highest BCUT2D eigenvalue weighted by Gasteiger charge is 2.28. The van der Waals surface area contributed by atoms with Crippen LogP contribution < -0.4 is 9.80 Å². The first-order valence-corrected chi connectivity index (χ1v) is 10.8. The van der Waals surface area contributed by atoms with Crippen molar-refractivity contribution in [2.75, 3.05) is 29.9 Å². The second-order valence-electron chi connectivity index (χ2n) is 6.64. The molecule has 0 bridgehead atoms. The lowest BCUT2D eigenvalue weighted by molar-refractivity contribution is 0.0982. The highest BCUT2D eigenvalue weighted by atomic mass is 32.1. The van der Waals surface area contributed by atoms with E-state index in [1.165, 1.54) is 11.3 Å². The zero-order valence-corrected chi connectivity index (χ0v) is 16.8. The van der Waals surface area contributed by atoms with Crippen molar-refractivity contribution in [2.45, 2.75) is 6.42 Å². The minimum atomic E-state index is -0.126. The van der Waals surface area contributed by atoms with Crippen molar-refractivity contribution in [2.24, 2.45) is 0 Å². The molecule has 0 fully saturated rings. The molecule has 4 aromatic rings. The minimum Gasteiger partial charge on any atom is -0.357 e. The van der Waals surface area contributed by atoms with Gasteiger partial charge in [0.15, 0.2) is 11.6 Å². The van der Waals surface area contributed by atoms with Gasteiger partial charge in [-0.05, 0) is 30.0 Å². The first-order valence-electron chi connectivity index (χ1n) is 8.98. The molecule has 6 nitrogen and oxygen atoms in total. The fourth-order valence-corrected chi connectivity index (χ4v) is 4.83. The number of para-hydroxylation sites is 2. The van der Waals surface area contributed by atoms with E-state index in [9.17, 15) is 4.79 Å². The monoisotopic (exact) mass is 407 g/mol. The smallest absolute Gasteiger partial charge is 0.279 e. The number of fused-ring (bicyclic) bond motifs is 2. The Morgan fingerprint density at radius 1 is 1.00 bits per heavy atom. The number of carbonyl (C=O) groups excluding carboxylic acids is 1. The summed E-state index contributed by atoms with van der Waals surface area (Å²) in [6.07, 6.45) is 0.845. The summed E-state index contributed by atoms with van der Waals surface area (Å²) in [6.45, 7) is 1.41. The molecule has 1 amide bonds. The molecule has 0 spiro atoms. The summed E-state index contributed by atoms with van der Waals surface area (Å²) in [7, 11) is 1.99. The summed E-state index contributed by atoms with van der Waals surface area (Å²) in [6, 6.07) is 9.77. The number of carbonyl (C=O) groups is 1. The molecular formula is C20H17N5OS2. The fourth-order valence-electron chi connectivity index (χ4n) is 3.32. The number of thiophene rings is 1. The molecule has 0 saturated carbocycles. The van der Waals surface area contributed by atoms with Crippen LogP contribution in [-0.4, -0.2) is 41.0 Å². The zero-order valence-electron chi connectivity index (χ0n) is 15.2. The Kier molecular flexibility index (Phi) is 4.29. The number of thiazole rings is 1. The Morgan fingerprint density at radius 2 is 1.79 bits per heavy atom. The molecule has 0 aliphatic carbocycles. The van der Waals surface area contributed by atoms with Crippen LogP contribution in [0.1, 0.15) is 16.9 Å². The summed E-state index contributed by atoms with van der Waals surface area (Å²) < 4.78 is 0. The number of anilines is 2. The molecule has 3 aromatic heterocycles. The van der Waals surface area contributed by atoms with Gasteiger partial charge < -0.3 is 4.90 Å². The average molecular weight is 408 g/mol. The first-order chi connectivity index (χ1) is 13.7. The van der Waals surface area contributed by atoms with E-state index >= 15 is 0 Å². The normalized spacial score (nSPS) is 14.2. The Bertz CT molecular complexity index is 1150. The van der Waals surface area contributed by atoms with Crippen LogP contribution in [0.4, 0.5) is 11.6 Å². The van der Waals surface area contributed by atoms with Gasteiger partial charge >= 0.3 is 0 Å². The van der Waals surface area contributed by atoms with Crippen LogP contribution in [0.15, 0.2) is 46.5 Å². The highest BCUT2D eigenvalue weighted by molar-refractivity contribution is 7.14. The average Bonchev–Trinajstić information content (AvgIpc) is 3.39. The van der Waals surface area contributed by atoms with Crippen LogP contribution in [0.3, 0.4) is 0 Å². The summed E-state index contributed by atoms with van der Waals surface area (Å²) in [5.41, 5.74) is 3.12. The van der Waals surface area contributed by atoms with Gasteiger partial charge in [-0.3, -0.25) is 9.69 Å². The molecule has 4 heterocycles. The van der Waals surface area contributed by atoms with E-state index in [1.54, 1.807) is 16.2 Å². The standard InChI is InChI=1S/C20H17N5OS2/c1-24-8-4-9-25(18-17(24)21-14-5-2-3-6-15(14)22-18)20(26)16-12-28-19(23-16)13-7-10-27-11-13/h2-3,5-7,10-12H,4,8-9H2,1H3. The molecule has 1 aromatic carbocycles. The highest BCUT2D eigenvalue weighted by Crippen LogP contribution is 2.32. The van der Waals surface area contributed by atoms with Gasteiger partial charge in [0.25, 0.3) is 5.91 Å². The maximum absolute atomic E-state index is 13.3. The second-order valence-corrected chi connectivity index (χ2v) is 8.28. The van der Waals surface area contributed by atoms with Crippen molar-refractivity contribution in [1.29, 1.82) is 0 Å². The van der Waals surface area contributed by atoms with Gasteiger partial charge in [0, 0.05) is 36.5 Å². The number of amides is 1. The van der Waals surface area contributed by atoms with Crippen molar-refractivity contribution < 1.29 is 4.79 Å². The second kappa shape index (κ2) is 6.96. The molecule has 0 radical (unpaired) electrons. The fraction of sp³-hybridized carbons (Fsp3) is 0.200. The largest absolute Gasteiger partial charge is 0.357 e. The lowest BCUT2D eigenvalue weighted by Gasteiger charge is -2.22. The minimum absolute atomic E-state index is 0.126. The molecule has 28 heavy (non-hydrogen) atoms. The van der Waals surface area contributed by atoms with Gasteiger partial charge in [0.05, 0.1) is 11.0 Å². The molecule has 0 saturated heterocycles. The summed E-state index contributed by atoms with van der Waals surface area (Å²) in [4.78, 5) is 31.3. The van der Waals surface area contributed by atoms with Gasteiger partial charge in [-0.15, -0.1) is 11.3 Å². The Morgan fingerprint density at radius 3 is 2.54 bits per heavy atom. The number of nitrogens with zero attached hydrogens (tertiary/aromatic N) is 5. The van der Waals surface area contributed by atoms with Crippen LogP contribution in [0, 0.1) is 0 Å². The number of aromatic nitrogens is 3. The third-order valence-corrected chi connectivity index (χ3v) is 6.34. The van der Waals surface area contributed by atoms with Crippen molar-refractivity contribution in [3.8, 4) is 10.6 Å². The third-order valence-electron chi connectivity index (χ3n) is 4.76. The van der Waals surface area contributed by atoms with E-state index in [-0.39, 0.29) is 5.91 Å². The maximum atomic E-state index is 13.3. The van der Waals surface area contributed by atoms with E-state index in [0.29, 0.717) is 18.1 Å². The van der Waals surface area contributed by atoms with Gasteiger partial charge in [-0.2, -0.15) is 11.3 Å². The van der Waals surface area contributed by atoms with Crippen LogP contribution in [0.2, 0.25) is 0 Å². The van der Waals surface area contributed by atoms with E-state index in [4.69, 9.17) is 9.97 Å². The Hall–Kier alpha value is -2.84. The third kappa shape index (κ3) is 2.94. The van der Waals surface area contributed by atoms with Crippen molar-refractivity contribution in [1.82, 2.24) is 15.0 Å². The number of hydrogen-bond acceptors (Lipinski definition) is 7. The summed E-state index contributed by atoms with van der Waals surface area (Å²) in [5, 5.41) is 6.75. The van der Waals surface area contributed by atoms with E-state index in [1.807, 2.05) is 53.5 Å². The van der Waals surface area contributed by atoms with Gasteiger partial charge in [0.1, 0.15) is 10.7 Å². The topological polar surface area (TPSA) is 62.2 Å². The summed E-state index contributed by atoms with van der Waals surface area (Å²) in [5.74, 6) is 1.21. The first kappa shape index (κ1) is 17.3. The quantitative estimate of drug-likeness (QED) is 0.496. The maximum Gasteiger partial charge on any atom is 0.279 e. The molecule has 5 rings (SSSR count). The number of rotatable bonds is 2. The van der Waals surface area contributed by atoms with Gasteiger partial charge in [-0.25, -0.2) is 15.0 Å². The predicted octanol–water partition coefficient (Wildman–Crippen LogP) is 4.30. The van der Waals surface area contributed by atoms with E-state index in [2.05, 4.69) is 9.88 Å². The zero-order chi connectivity index (χ0) is 19.1. The van der Waals surface area contributed by atoms with Crippen molar-refractivity contribution in [3.05, 3.63) is 52.2 Å². The van der Waals surface area contributed by atoms with Gasteiger partial charge in [-0.1, -0.05) is 12.1 Å². The molecule has 1 aliphatic rings. The SMILES string of the molecule is CN1CCCN(C(=O)c2csc(-c3ccsc3)n2)c2nc3ccccc3nc21. The molecule has 8 heteroatoms. The predicted molar refractivity (Wildman–Crippen MR) is 115 cm³/mol. The Balaban J connectivity index is 1.57. The van der Waals surface area contributed by atoms with Crippen LogP contribution in [0.5, 0.6) is 0 Å². The lowest BCUT2D eigenvalue weighted by Crippen LogP contribution is -2.32. The van der Waals surface area contributed by atoms with Crippen molar-refractivity contribution >= 4 is 51.2 Å². The Labute approximate surface area is 170 Å². The van der Waals surface area contributed by atoms with E-state index in [0.717, 1.165) is 40.4 Å². The molecule has 0 atom stereocenters. The number of hydrogen-bond donors (Lipinski definition) is 0.